The first-order valence-electron chi connectivity index (χ1n) is 6.16. The lowest BCUT2D eigenvalue weighted by molar-refractivity contribution is -0.152. The molecule has 0 amide bonds. The van der Waals surface area contributed by atoms with Crippen LogP contribution in [0.15, 0.2) is 12.2 Å². The summed E-state index contributed by atoms with van der Waals surface area (Å²) in [7, 11) is 0. The average Bonchev–Trinajstić information content (AvgIpc) is 2.29. The summed E-state index contributed by atoms with van der Waals surface area (Å²) in [5.74, 6) is -0.621. The Balaban J connectivity index is 2.49. The molecule has 1 rings (SSSR count). The first-order valence-corrected chi connectivity index (χ1v) is 6.16. The van der Waals surface area contributed by atoms with Crippen molar-refractivity contribution in [2.75, 3.05) is 19.6 Å². The summed E-state index contributed by atoms with van der Waals surface area (Å²) in [4.78, 5) is 13.6. The third-order valence-corrected chi connectivity index (χ3v) is 3.89. The third-order valence-electron chi connectivity index (χ3n) is 3.89. The van der Waals surface area contributed by atoms with E-state index >= 15 is 0 Å². The van der Waals surface area contributed by atoms with E-state index in [-0.39, 0.29) is 0 Å². The van der Waals surface area contributed by atoms with Crippen LogP contribution in [0, 0.1) is 5.41 Å². The van der Waals surface area contributed by atoms with Crippen LogP contribution < -0.4 is 0 Å². The molecule has 92 valence electrons. The molecule has 0 unspecified atom stereocenters. The van der Waals surface area contributed by atoms with E-state index in [4.69, 9.17) is 0 Å². The number of hydrogen-bond acceptors (Lipinski definition) is 2. The normalized spacial score (nSPS) is 20.6. The smallest absolute Gasteiger partial charge is 0.309 e. The van der Waals surface area contributed by atoms with Crippen molar-refractivity contribution in [2.45, 2.75) is 39.5 Å². The predicted molar refractivity (Wildman–Crippen MR) is 65.5 cm³/mol. The van der Waals surface area contributed by atoms with E-state index in [1.54, 1.807) is 0 Å². The zero-order chi connectivity index (χ0) is 12.2. The highest BCUT2D eigenvalue weighted by molar-refractivity contribution is 5.74. The fourth-order valence-electron chi connectivity index (χ4n) is 2.29. The van der Waals surface area contributed by atoms with Gasteiger partial charge < -0.3 is 5.11 Å². The molecule has 0 saturated carbocycles. The molecule has 0 aromatic rings. The second kappa shape index (κ2) is 5.48. The number of rotatable bonds is 5. The zero-order valence-corrected chi connectivity index (χ0v) is 10.5. The summed E-state index contributed by atoms with van der Waals surface area (Å²) in [6.07, 6.45) is 3.30. The van der Waals surface area contributed by atoms with Crippen LogP contribution in [-0.4, -0.2) is 35.6 Å². The molecule has 1 fully saturated rings. The van der Waals surface area contributed by atoms with Crippen molar-refractivity contribution < 1.29 is 9.90 Å². The molecule has 3 heteroatoms. The van der Waals surface area contributed by atoms with Gasteiger partial charge in [0.25, 0.3) is 0 Å². The molecule has 1 N–H and O–H groups in total. The lowest BCUT2D eigenvalue weighted by atomic mass is 9.76. The highest BCUT2D eigenvalue weighted by Gasteiger charge is 2.39. The molecule has 0 aromatic heterocycles. The SMILES string of the molecule is C=C(CC)CN1CCC(CC)(C(=O)O)CC1. The Kier molecular flexibility index (Phi) is 4.54. The molecule has 0 spiro atoms. The lowest BCUT2D eigenvalue weighted by Crippen LogP contribution is -2.44. The molecule has 3 nitrogen and oxygen atoms in total. The molecule has 0 atom stereocenters. The molecule has 16 heavy (non-hydrogen) atoms. The van der Waals surface area contributed by atoms with Crippen LogP contribution in [0.5, 0.6) is 0 Å². The van der Waals surface area contributed by atoms with Crippen molar-refractivity contribution in [1.82, 2.24) is 4.90 Å². The summed E-state index contributed by atoms with van der Waals surface area (Å²) in [6.45, 7) is 10.8. The van der Waals surface area contributed by atoms with Gasteiger partial charge in [-0.25, -0.2) is 0 Å². The minimum absolute atomic E-state index is 0.468. The Morgan fingerprint density at radius 3 is 2.31 bits per heavy atom. The second-order valence-electron chi connectivity index (χ2n) is 4.82. The molecule has 1 heterocycles. The summed E-state index contributed by atoms with van der Waals surface area (Å²) in [5.41, 5.74) is 0.767. The van der Waals surface area contributed by atoms with E-state index < -0.39 is 11.4 Å². The largest absolute Gasteiger partial charge is 0.481 e. The number of hydrogen-bond donors (Lipinski definition) is 1. The van der Waals surface area contributed by atoms with Gasteiger partial charge >= 0.3 is 5.97 Å². The van der Waals surface area contributed by atoms with Crippen molar-refractivity contribution in [3.63, 3.8) is 0 Å². The van der Waals surface area contributed by atoms with Crippen molar-refractivity contribution in [1.29, 1.82) is 0 Å². The fraction of sp³-hybridized carbons (Fsp3) is 0.769. The molecular weight excluding hydrogens is 202 g/mol. The van der Waals surface area contributed by atoms with E-state index in [1.165, 1.54) is 5.57 Å². The lowest BCUT2D eigenvalue weighted by Gasteiger charge is -2.38. The van der Waals surface area contributed by atoms with Gasteiger partial charge in [-0.1, -0.05) is 26.0 Å². The number of piperidine rings is 1. The first kappa shape index (κ1) is 13.2. The van der Waals surface area contributed by atoms with Crippen molar-refractivity contribution in [2.24, 2.45) is 5.41 Å². The Morgan fingerprint density at radius 2 is 1.94 bits per heavy atom. The van der Waals surface area contributed by atoms with Crippen LogP contribution in [0.4, 0.5) is 0 Å². The number of nitrogens with zero attached hydrogens (tertiary/aromatic N) is 1. The highest BCUT2D eigenvalue weighted by Crippen LogP contribution is 2.35. The molecule has 1 aliphatic heterocycles. The molecular formula is C13H23NO2. The molecule has 0 bridgehead atoms. The van der Waals surface area contributed by atoms with E-state index in [1.807, 2.05) is 6.92 Å². The monoisotopic (exact) mass is 225 g/mol. The van der Waals surface area contributed by atoms with Crippen LogP contribution in [-0.2, 0) is 4.79 Å². The van der Waals surface area contributed by atoms with E-state index in [0.29, 0.717) is 0 Å². The summed E-state index contributed by atoms with van der Waals surface area (Å²) in [6, 6.07) is 0. The van der Waals surface area contributed by atoms with Gasteiger partial charge in [0.2, 0.25) is 0 Å². The minimum Gasteiger partial charge on any atom is -0.481 e. The number of carbonyl (C=O) groups is 1. The minimum atomic E-state index is -0.621. The maximum atomic E-state index is 11.3. The predicted octanol–water partition coefficient (Wildman–Crippen LogP) is 2.53. The maximum Gasteiger partial charge on any atom is 0.309 e. The molecule has 1 aliphatic rings. The van der Waals surface area contributed by atoms with Crippen LogP contribution >= 0.6 is 0 Å². The first-order chi connectivity index (χ1) is 7.54. The van der Waals surface area contributed by atoms with Gasteiger partial charge in [0.1, 0.15) is 0 Å². The van der Waals surface area contributed by atoms with E-state index in [2.05, 4.69) is 18.4 Å². The van der Waals surface area contributed by atoms with Gasteiger partial charge in [0, 0.05) is 6.54 Å². The van der Waals surface area contributed by atoms with Crippen LogP contribution in [0.2, 0.25) is 0 Å². The van der Waals surface area contributed by atoms with Crippen molar-refractivity contribution in [3.8, 4) is 0 Å². The van der Waals surface area contributed by atoms with Crippen molar-refractivity contribution in [3.05, 3.63) is 12.2 Å². The summed E-state index contributed by atoms with van der Waals surface area (Å²) < 4.78 is 0. The van der Waals surface area contributed by atoms with Gasteiger partial charge in [-0.05, 0) is 38.8 Å². The molecule has 0 aliphatic carbocycles. The summed E-state index contributed by atoms with van der Waals surface area (Å²) >= 11 is 0. The zero-order valence-electron chi connectivity index (χ0n) is 10.5. The molecule has 0 aromatic carbocycles. The maximum absolute atomic E-state index is 11.3. The topological polar surface area (TPSA) is 40.5 Å². The average molecular weight is 225 g/mol. The number of carboxylic acid groups (broad SMARTS) is 1. The molecule has 1 saturated heterocycles. The van der Waals surface area contributed by atoms with Crippen molar-refractivity contribution >= 4 is 5.97 Å². The summed E-state index contributed by atoms with van der Waals surface area (Å²) in [5, 5.41) is 9.27. The van der Waals surface area contributed by atoms with Gasteiger partial charge in [-0.3, -0.25) is 9.69 Å². The second-order valence-corrected chi connectivity index (χ2v) is 4.82. The Morgan fingerprint density at radius 1 is 1.38 bits per heavy atom. The standard InChI is InChI=1S/C13H23NO2/c1-4-11(3)10-14-8-6-13(5-2,7-9-14)12(15)16/h3-10H2,1-2H3,(H,15,16). The highest BCUT2D eigenvalue weighted by atomic mass is 16.4. The van der Waals surface area contributed by atoms with Crippen LogP contribution in [0.3, 0.4) is 0 Å². The fourth-order valence-corrected chi connectivity index (χ4v) is 2.29. The third kappa shape index (κ3) is 2.85. The Bertz CT molecular complexity index is 265. The van der Waals surface area contributed by atoms with E-state index in [0.717, 1.165) is 45.3 Å². The van der Waals surface area contributed by atoms with Gasteiger partial charge in [-0.15, -0.1) is 0 Å². The Hall–Kier alpha value is -0.830. The van der Waals surface area contributed by atoms with Crippen LogP contribution in [0.25, 0.3) is 0 Å². The Labute approximate surface area is 98.1 Å². The van der Waals surface area contributed by atoms with Gasteiger partial charge in [0.15, 0.2) is 0 Å². The van der Waals surface area contributed by atoms with Gasteiger partial charge in [0.05, 0.1) is 5.41 Å². The quantitative estimate of drug-likeness (QED) is 0.731. The van der Waals surface area contributed by atoms with Gasteiger partial charge in [-0.2, -0.15) is 0 Å². The number of carboxylic acids is 1. The number of aliphatic carboxylic acids is 1. The van der Waals surface area contributed by atoms with Crippen LogP contribution in [0.1, 0.15) is 39.5 Å². The van der Waals surface area contributed by atoms with E-state index in [9.17, 15) is 9.90 Å². The molecule has 0 radical (unpaired) electrons. The number of likely N-dealkylation sites (tertiary alicyclic amines) is 1.